The average molecular weight is 293 g/mol. The highest BCUT2D eigenvalue weighted by atomic mass is 16.1. The summed E-state index contributed by atoms with van der Waals surface area (Å²) in [5.74, 6) is -0.0513. The van der Waals surface area contributed by atoms with Gasteiger partial charge in [-0.2, -0.15) is 0 Å². The first-order valence-electron chi connectivity index (χ1n) is 6.91. The molecule has 0 atom stereocenters. The summed E-state index contributed by atoms with van der Waals surface area (Å²) in [6, 6.07) is 12.0. The molecule has 0 fully saturated rings. The zero-order valence-electron chi connectivity index (χ0n) is 12.1. The Hall–Kier alpha value is -2.95. The minimum absolute atomic E-state index is 0.0513. The number of nitrogens with two attached hydrogens (primary N) is 1. The lowest BCUT2D eigenvalue weighted by Gasteiger charge is -2.10. The van der Waals surface area contributed by atoms with Crippen molar-refractivity contribution in [2.45, 2.75) is 13.3 Å². The second kappa shape index (κ2) is 5.44. The number of aromatic nitrogens is 2. The van der Waals surface area contributed by atoms with Crippen LogP contribution in [-0.4, -0.2) is 16.3 Å². The number of hydrogen-bond acceptors (Lipinski definition) is 4. The molecule has 0 amide bonds. The number of nitrogens with zero attached hydrogens (tertiary/aromatic N) is 1. The largest absolute Gasteiger partial charge is 0.369 e. The molecule has 3 aromatic rings. The number of rotatable bonds is 3. The number of aldehydes is 1. The summed E-state index contributed by atoms with van der Waals surface area (Å²) >= 11 is 0. The first kappa shape index (κ1) is 14.0. The Morgan fingerprint density at radius 2 is 1.91 bits per heavy atom. The van der Waals surface area contributed by atoms with Gasteiger partial charge < -0.3 is 5.73 Å². The van der Waals surface area contributed by atoms with Crippen LogP contribution in [0.25, 0.3) is 10.8 Å². The van der Waals surface area contributed by atoms with Crippen molar-refractivity contribution in [3.8, 4) is 0 Å². The highest BCUT2D eigenvalue weighted by molar-refractivity contribution is 5.89. The zero-order chi connectivity index (χ0) is 15.7. The summed E-state index contributed by atoms with van der Waals surface area (Å²) in [6.45, 7) is 2.04. The van der Waals surface area contributed by atoms with Gasteiger partial charge >= 0.3 is 0 Å². The molecule has 0 aliphatic carbocycles. The van der Waals surface area contributed by atoms with E-state index >= 15 is 0 Å². The van der Waals surface area contributed by atoms with E-state index in [1.165, 1.54) is 5.56 Å². The second-order valence-electron chi connectivity index (χ2n) is 5.20. The van der Waals surface area contributed by atoms with Crippen LogP contribution >= 0.6 is 0 Å². The number of aryl methyl sites for hydroxylation is 1. The number of H-pyrrole nitrogens is 1. The first-order valence-corrected chi connectivity index (χ1v) is 6.91. The number of carbonyl (C=O) groups excluding carboxylic acids is 1. The number of fused-ring (bicyclic) bond motifs is 1. The second-order valence-corrected chi connectivity index (χ2v) is 5.20. The van der Waals surface area contributed by atoms with Crippen LogP contribution in [0.15, 0.2) is 41.2 Å². The lowest BCUT2D eigenvalue weighted by Crippen LogP contribution is -2.20. The summed E-state index contributed by atoms with van der Waals surface area (Å²) in [5, 5.41) is 2.20. The molecule has 2 aromatic carbocycles. The Labute approximate surface area is 126 Å². The van der Waals surface area contributed by atoms with Crippen LogP contribution in [0.3, 0.4) is 0 Å². The molecule has 22 heavy (non-hydrogen) atoms. The van der Waals surface area contributed by atoms with Crippen LogP contribution in [0.4, 0.5) is 5.95 Å². The highest BCUT2D eigenvalue weighted by Crippen LogP contribution is 2.24. The van der Waals surface area contributed by atoms with Crippen molar-refractivity contribution >= 4 is 23.0 Å². The van der Waals surface area contributed by atoms with Crippen molar-refractivity contribution in [2.75, 3.05) is 5.73 Å². The quantitative estimate of drug-likeness (QED) is 0.725. The molecule has 5 heteroatoms. The molecule has 0 aliphatic heterocycles. The minimum atomic E-state index is -0.376. The monoisotopic (exact) mass is 293 g/mol. The van der Waals surface area contributed by atoms with Gasteiger partial charge in [0.05, 0.1) is 5.56 Å². The van der Waals surface area contributed by atoms with Gasteiger partial charge in [0.1, 0.15) is 5.69 Å². The van der Waals surface area contributed by atoms with Gasteiger partial charge in [-0.3, -0.25) is 14.6 Å². The molecule has 0 radical (unpaired) electrons. The SMILES string of the molecule is Cc1ccc(Cc2c(C=O)nc(N)[nH]c2=O)c2ccccc12. The fourth-order valence-electron chi connectivity index (χ4n) is 2.66. The standard InChI is InChI=1S/C17H15N3O2/c1-10-6-7-11(13-5-3-2-4-12(10)13)8-14-15(9-21)19-17(18)20-16(14)22/h2-7,9H,8H2,1H3,(H3,18,19,20,22). The number of nitrogen functional groups attached to an aromatic ring is 1. The fraction of sp³-hybridized carbons (Fsp3) is 0.118. The summed E-state index contributed by atoms with van der Waals surface area (Å²) in [4.78, 5) is 29.6. The third kappa shape index (κ3) is 2.37. The van der Waals surface area contributed by atoms with Gasteiger partial charge in [-0.15, -0.1) is 0 Å². The predicted octanol–water partition coefficient (Wildman–Crippen LogP) is 2.22. The van der Waals surface area contributed by atoms with Crippen LogP contribution < -0.4 is 11.3 Å². The third-order valence-electron chi connectivity index (χ3n) is 3.78. The van der Waals surface area contributed by atoms with Gasteiger partial charge in [-0.25, -0.2) is 4.98 Å². The number of nitrogens with one attached hydrogen (secondary N) is 1. The molecule has 0 spiro atoms. The van der Waals surface area contributed by atoms with Crippen molar-refractivity contribution in [3.05, 3.63) is 69.1 Å². The molecule has 0 saturated carbocycles. The Morgan fingerprint density at radius 3 is 2.64 bits per heavy atom. The lowest BCUT2D eigenvalue weighted by atomic mass is 9.96. The van der Waals surface area contributed by atoms with Crippen molar-refractivity contribution < 1.29 is 4.79 Å². The molecule has 0 aliphatic rings. The van der Waals surface area contributed by atoms with Crippen LogP contribution in [-0.2, 0) is 6.42 Å². The Kier molecular flexibility index (Phi) is 3.47. The van der Waals surface area contributed by atoms with Gasteiger partial charge in [-0.1, -0.05) is 36.4 Å². The third-order valence-corrected chi connectivity index (χ3v) is 3.78. The molecule has 0 bridgehead atoms. The lowest BCUT2D eigenvalue weighted by molar-refractivity contribution is 0.111. The van der Waals surface area contributed by atoms with Crippen molar-refractivity contribution in [1.82, 2.24) is 9.97 Å². The normalized spacial score (nSPS) is 10.8. The number of anilines is 1. The van der Waals surface area contributed by atoms with E-state index in [1.807, 2.05) is 43.3 Å². The zero-order valence-corrected chi connectivity index (χ0v) is 12.1. The number of carbonyl (C=O) groups is 1. The first-order chi connectivity index (χ1) is 10.6. The maximum absolute atomic E-state index is 12.1. The Bertz CT molecular complexity index is 929. The van der Waals surface area contributed by atoms with Crippen LogP contribution in [0.2, 0.25) is 0 Å². The van der Waals surface area contributed by atoms with Crippen LogP contribution in [0.5, 0.6) is 0 Å². The van der Waals surface area contributed by atoms with E-state index in [2.05, 4.69) is 9.97 Å². The maximum atomic E-state index is 12.1. The number of aromatic amines is 1. The molecule has 5 nitrogen and oxygen atoms in total. The van der Waals surface area contributed by atoms with E-state index in [1.54, 1.807) is 0 Å². The molecule has 0 saturated heterocycles. The van der Waals surface area contributed by atoms with Crippen LogP contribution in [0.1, 0.15) is 27.2 Å². The molecular weight excluding hydrogens is 278 g/mol. The van der Waals surface area contributed by atoms with Crippen molar-refractivity contribution in [1.29, 1.82) is 0 Å². The molecule has 1 heterocycles. The van der Waals surface area contributed by atoms with Gasteiger partial charge in [0, 0.05) is 6.42 Å². The molecule has 0 unspecified atom stereocenters. The average Bonchev–Trinajstić information content (AvgIpc) is 2.52. The molecule has 1 aromatic heterocycles. The van der Waals surface area contributed by atoms with E-state index in [-0.39, 0.29) is 17.2 Å². The summed E-state index contributed by atoms with van der Waals surface area (Å²) in [5.41, 5.74) is 7.67. The summed E-state index contributed by atoms with van der Waals surface area (Å²) < 4.78 is 0. The molecule has 3 N–H and O–H groups in total. The van der Waals surface area contributed by atoms with E-state index in [4.69, 9.17) is 5.73 Å². The van der Waals surface area contributed by atoms with Crippen LogP contribution in [0, 0.1) is 6.92 Å². The summed E-state index contributed by atoms with van der Waals surface area (Å²) in [7, 11) is 0. The van der Waals surface area contributed by atoms with Gasteiger partial charge in [0.25, 0.3) is 5.56 Å². The van der Waals surface area contributed by atoms with E-state index in [0.29, 0.717) is 18.3 Å². The van der Waals surface area contributed by atoms with E-state index in [9.17, 15) is 9.59 Å². The van der Waals surface area contributed by atoms with Gasteiger partial charge in [0.15, 0.2) is 6.29 Å². The van der Waals surface area contributed by atoms with Gasteiger partial charge in [0.2, 0.25) is 5.95 Å². The molecular formula is C17H15N3O2. The van der Waals surface area contributed by atoms with Crippen molar-refractivity contribution in [3.63, 3.8) is 0 Å². The molecule has 110 valence electrons. The summed E-state index contributed by atoms with van der Waals surface area (Å²) in [6.07, 6.45) is 0.898. The number of hydrogen-bond donors (Lipinski definition) is 2. The Morgan fingerprint density at radius 1 is 1.18 bits per heavy atom. The van der Waals surface area contributed by atoms with Crippen molar-refractivity contribution in [2.24, 2.45) is 0 Å². The predicted molar refractivity (Wildman–Crippen MR) is 86.1 cm³/mol. The minimum Gasteiger partial charge on any atom is -0.369 e. The number of benzene rings is 2. The fourth-order valence-corrected chi connectivity index (χ4v) is 2.66. The highest BCUT2D eigenvalue weighted by Gasteiger charge is 2.13. The van der Waals surface area contributed by atoms with E-state index in [0.717, 1.165) is 16.3 Å². The topological polar surface area (TPSA) is 88.8 Å². The Balaban J connectivity index is 2.18. The smallest absolute Gasteiger partial charge is 0.256 e. The van der Waals surface area contributed by atoms with Gasteiger partial charge in [-0.05, 0) is 28.8 Å². The molecule has 3 rings (SSSR count). The maximum Gasteiger partial charge on any atom is 0.256 e. The van der Waals surface area contributed by atoms with E-state index < -0.39 is 0 Å².